The number of hydrogen-bond donors (Lipinski definition) is 2. The molecule has 0 aromatic heterocycles. The Morgan fingerprint density at radius 1 is 0.825 bits per heavy atom. The first kappa shape index (κ1) is 44.6. The fourth-order valence-electron chi connectivity index (χ4n) is 7.28. The minimum atomic E-state index is -4.57. The number of nitro groups is 1. The van der Waals surface area contributed by atoms with Crippen LogP contribution in [-0.4, -0.2) is 82.4 Å². The predicted octanol–water partition coefficient (Wildman–Crippen LogP) is 9.09. The van der Waals surface area contributed by atoms with Crippen molar-refractivity contribution in [1.29, 1.82) is 0 Å². The van der Waals surface area contributed by atoms with Gasteiger partial charge in [0.2, 0.25) is 0 Å². The van der Waals surface area contributed by atoms with Gasteiger partial charge in [-0.3, -0.25) is 19.8 Å². The van der Waals surface area contributed by atoms with Gasteiger partial charge in [-0.2, -0.15) is 0 Å². The molecule has 0 spiro atoms. The summed E-state index contributed by atoms with van der Waals surface area (Å²) in [4.78, 5) is 31.5. The Labute approximate surface area is 373 Å². The third-order valence-electron chi connectivity index (χ3n) is 10.6. The second-order valence-corrected chi connectivity index (χ2v) is 17.5. The van der Waals surface area contributed by atoms with E-state index < -0.39 is 31.4 Å². The van der Waals surface area contributed by atoms with E-state index >= 15 is 0 Å². The highest BCUT2D eigenvalue weighted by Gasteiger charge is 2.27. The highest BCUT2D eigenvalue weighted by Crippen LogP contribution is 2.34. The average Bonchev–Trinajstić information content (AvgIpc) is 3.28. The van der Waals surface area contributed by atoms with Crippen molar-refractivity contribution in [2.45, 2.75) is 24.5 Å². The van der Waals surface area contributed by atoms with Crippen LogP contribution < -0.4 is 24.4 Å². The Morgan fingerprint density at radius 3 is 2.30 bits per heavy atom. The molecule has 63 heavy (non-hydrogen) atoms. The van der Waals surface area contributed by atoms with Gasteiger partial charge in [-0.15, -0.1) is 0 Å². The number of carbonyl (C=O) groups is 1. The highest BCUT2D eigenvalue weighted by molar-refractivity contribution is 7.90. The summed E-state index contributed by atoms with van der Waals surface area (Å²) in [6.45, 7) is 5.20. The maximum Gasteiger partial charge on any atom is 0.293 e. The van der Waals surface area contributed by atoms with E-state index in [2.05, 4.69) is 32.0 Å². The number of piperazine rings is 1. The molecule has 1 amide bonds. The summed E-state index contributed by atoms with van der Waals surface area (Å²) in [5, 5.41) is 15.7. The monoisotopic (exact) mass is 888 g/mol. The lowest BCUT2D eigenvalue weighted by Gasteiger charge is -2.36. The molecule has 15 heteroatoms. The Kier molecular flexibility index (Phi) is 14.6. The number of sulfonamides is 1. The van der Waals surface area contributed by atoms with E-state index in [1.54, 1.807) is 36.4 Å². The molecule has 0 atom stereocenters. The van der Waals surface area contributed by atoms with Crippen molar-refractivity contribution in [2.24, 2.45) is 0 Å². The number of nitrogens with zero attached hydrogens (tertiary/aromatic N) is 4. The van der Waals surface area contributed by atoms with Crippen molar-refractivity contribution in [3.63, 3.8) is 0 Å². The van der Waals surface area contributed by atoms with Crippen molar-refractivity contribution >= 4 is 44.6 Å². The van der Waals surface area contributed by atoms with Gasteiger partial charge in [-0.1, -0.05) is 84.4 Å². The standard InChI is InChI=1S/C48H49ClN6O7S/c1-52(2)25-9-24-50-45-23-21-42(32-46(45)55(57)58)63(59,60)51-48(56)44-22-20-39(30-47(44)62-41-14-8-13-40(31-41)61-34-35-10-4-3-5-11-35)54-28-26-53(27-29-54)33-37-12-6-7-15-43(37)36-16-18-38(49)19-17-36/h3-8,10-23,30-32,50H,9,24-29,33-34H2,1-2H3,(H,51,56). The SMILES string of the molecule is CN(C)CCCNc1ccc(S(=O)(=O)NC(=O)c2ccc(N3CCN(Cc4ccccc4-c4ccc(Cl)cc4)CC3)cc2Oc2cccc(OCc3ccccc3)c2)cc1[N+](=O)[O-]. The molecule has 0 unspecified atom stereocenters. The van der Waals surface area contributed by atoms with Crippen molar-refractivity contribution in [1.82, 2.24) is 14.5 Å². The van der Waals surface area contributed by atoms with Crippen LogP contribution in [0.25, 0.3) is 11.1 Å². The van der Waals surface area contributed by atoms with Crippen molar-refractivity contribution in [3.05, 3.63) is 171 Å². The maximum absolute atomic E-state index is 14.0. The molecule has 6 aromatic rings. The van der Waals surface area contributed by atoms with Gasteiger partial charge in [-0.05, 0) is 97.8 Å². The van der Waals surface area contributed by atoms with Gasteiger partial charge in [-0.25, -0.2) is 13.1 Å². The van der Waals surface area contributed by atoms with Gasteiger partial charge in [0.15, 0.2) is 0 Å². The van der Waals surface area contributed by atoms with Crippen molar-refractivity contribution in [2.75, 3.05) is 63.6 Å². The normalized spacial score (nSPS) is 13.1. The van der Waals surface area contributed by atoms with Crippen LogP contribution in [-0.2, 0) is 23.2 Å². The molecule has 1 aliphatic rings. The maximum atomic E-state index is 14.0. The number of nitro benzene ring substituents is 1. The van der Waals surface area contributed by atoms with E-state index in [9.17, 15) is 23.3 Å². The number of hydrogen-bond acceptors (Lipinski definition) is 11. The first-order valence-corrected chi connectivity index (χ1v) is 22.4. The number of ether oxygens (including phenoxy) is 2. The van der Waals surface area contributed by atoms with Crippen LogP contribution in [0.3, 0.4) is 0 Å². The predicted molar refractivity (Wildman–Crippen MR) is 248 cm³/mol. The molecule has 0 radical (unpaired) electrons. The third kappa shape index (κ3) is 11.9. The molecule has 0 bridgehead atoms. The molecular formula is C48H49ClN6O7S. The van der Waals surface area contributed by atoms with Crippen LogP contribution in [0.15, 0.2) is 144 Å². The van der Waals surface area contributed by atoms with Crippen LogP contribution in [0.5, 0.6) is 17.2 Å². The number of benzene rings is 6. The minimum Gasteiger partial charge on any atom is -0.489 e. The van der Waals surface area contributed by atoms with Gasteiger partial charge in [0.25, 0.3) is 21.6 Å². The van der Waals surface area contributed by atoms with Gasteiger partial charge >= 0.3 is 0 Å². The first-order chi connectivity index (χ1) is 30.4. The number of halogens is 1. The summed E-state index contributed by atoms with van der Waals surface area (Å²) >= 11 is 6.17. The zero-order chi connectivity index (χ0) is 44.3. The van der Waals surface area contributed by atoms with E-state index in [-0.39, 0.29) is 17.0 Å². The number of anilines is 2. The molecular weight excluding hydrogens is 840 g/mol. The molecule has 1 heterocycles. The van der Waals surface area contributed by atoms with E-state index in [0.717, 1.165) is 54.6 Å². The van der Waals surface area contributed by atoms with E-state index in [0.29, 0.717) is 49.2 Å². The smallest absolute Gasteiger partial charge is 0.293 e. The Balaban J connectivity index is 1.10. The summed E-state index contributed by atoms with van der Waals surface area (Å²) in [7, 11) is -0.717. The lowest BCUT2D eigenvalue weighted by atomic mass is 9.99. The Morgan fingerprint density at radius 2 is 1.56 bits per heavy atom. The largest absolute Gasteiger partial charge is 0.489 e. The van der Waals surface area contributed by atoms with E-state index in [1.165, 1.54) is 23.8 Å². The van der Waals surface area contributed by atoms with Crippen LogP contribution in [0, 0.1) is 10.1 Å². The molecule has 1 aliphatic heterocycles. The number of carbonyl (C=O) groups excluding carboxylic acids is 1. The molecule has 2 N–H and O–H groups in total. The summed E-state index contributed by atoms with van der Waals surface area (Å²) in [5.74, 6) is 0.0453. The van der Waals surface area contributed by atoms with Gasteiger partial charge in [0.05, 0.1) is 15.4 Å². The summed E-state index contributed by atoms with van der Waals surface area (Å²) < 4.78 is 41.9. The van der Waals surface area contributed by atoms with E-state index in [1.807, 2.05) is 85.7 Å². The summed E-state index contributed by atoms with van der Waals surface area (Å²) in [5.41, 5.74) is 4.93. The van der Waals surface area contributed by atoms with Gasteiger partial charge in [0.1, 0.15) is 29.5 Å². The number of rotatable bonds is 18. The highest BCUT2D eigenvalue weighted by atomic mass is 35.5. The molecule has 1 saturated heterocycles. The fraction of sp³-hybridized carbons (Fsp3) is 0.229. The van der Waals surface area contributed by atoms with E-state index in [4.69, 9.17) is 21.1 Å². The zero-order valence-electron chi connectivity index (χ0n) is 35.1. The quantitative estimate of drug-likeness (QED) is 0.0484. The third-order valence-corrected chi connectivity index (χ3v) is 12.2. The van der Waals surface area contributed by atoms with Crippen LogP contribution in [0.1, 0.15) is 27.9 Å². The van der Waals surface area contributed by atoms with Gasteiger partial charge < -0.3 is 24.6 Å². The minimum absolute atomic E-state index is 0.0518. The van der Waals surface area contributed by atoms with Gasteiger partial charge in [0, 0.05) is 68.2 Å². The fourth-order valence-corrected chi connectivity index (χ4v) is 8.39. The zero-order valence-corrected chi connectivity index (χ0v) is 36.6. The molecule has 326 valence electrons. The molecule has 7 rings (SSSR count). The molecule has 13 nitrogen and oxygen atoms in total. The molecule has 0 aliphatic carbocycles. The van der Waals surface area contributed by atoms with Crippen LogP contribution >= 0.6 is 11.6 Å². The topological polar surface area (TPSA) is 147 Å². The second-order valence-electron chi connectivity index (χ2n) is 15.4. The number of nitrogens with one attached hydrogen (secondary N) is 2. The lowest BCUT2D eigenvalue weighted by molar-refractivity contribution is -0.384. The second kappa shape index (κ2) is 20.6. The summed E-state index contributed by atoms with van der Waals surface area (Å²) in [6, 6.07) is 41.4. The lowest BCUT2D eigenvalue weighted by Crippen LogP contribution is -2.46. The average molecular weight is 889 g/mol. The van der Waals surface area contributed by atoms with Crippen LogP contribution in [0.4, 0.5) is 17.1 Å². The van der Waals surface area contributed by atoms with Crippen LogP contribution in [0.2, 0.25) is 5.02 Å². The molecule has 0 saturated carbocycles. The van der Waals surface area contributed by atoms with Crippen molar-refractivity contribution < 1.29 is 27.6 Å². The van der Waals surface area contributed by atoms with Crippen molar-refractivity contribution in [3.8, 4) is 28.4 Å². The molecule has 6 aromatic carbocycles. The Bertz CT molecular complexity index is 2640. The number of amides is 1. The Hall–Kier alpha value is -6.45. The summed E-state index contributed by atoms with van der Waals surface area (Å²) in [6.07, 6.45) is 0.714. The first-order valence-electron chi connectivity index (χ1n) is 20.6. The molecule has 1 fully saturated rings.